The molecule has 0 atom stereocenters. The maximum atomic E-state index is 13.8. The van der Waals surface area contributed by atoms with E-state index < -0.39 is 47.2 Å². The fourth-order valence-electron chi connectivity index (χ4n) is 1.27. The minimum absolute atomic E-state index is 2.05. The second-order valence-electron chi connectivity index (χ2n) is 3.69. The van der Waals surface area contributed by atoms with E-state index in [1.54, 1.807) is 0 Å². The average molecular weight is 576 g/mol. The molecule has 0 aliphatic heterocycles. The van der Waals surface area contributed by atoms with Crippen LogP contribution in [0.5, 0.6) is 0 Å². The third kappa shape index (κ3) is 3.03. The Morgan fingerprint density at radius 2 is 0.952 bits per heavy atom. The van der Waals surface area contributed by atoms with Gasteiger partial charge in [-0.25, -0.2) is 26.3 Å². The molecular formula is C9H2Br4F6O2. The molecule has 0 aliphatic rings. The van der Waals surface area contributed by atoms with Gasteiger partial charge in [0.25, 0.3) is 0 Å². The van der Waals surface area contributed by atoms with Gasteiger partial charge in [-0.2, -0.15) is 0 Å². The number of hydrogen-bond donors (Lipinski definition) is 2. The van der Waals surface area contributed by atoms with Crippen LogP contribution in [0.15, 0.2) is 0 Å². The first-order valence-electron chi connectivity index (χ1n) is 4.59. The second-order valence-corrected chi connectivity index (χ2v) is 10.4. The molecule has 1 aromatic rings. The molecule has 0 heterocycles. The van der Waals surface area contributed by atoms with Crippen LogP contribution in [0.1, 0.15) is 5.56 Å². The monoisotopic (exact) mass is 572 g/mol. The van der Waals surface area contributed by atoms with Crippen LogP contribution in [0.25, 0.3) is 0 Å². The van der Waals surface area contributed by atoms with Crippen LogP contribution in [0.3, 0.4) is 0 Å². The molecule has 0 fully saturated rings. The highest BCUT2D eigenvalue weighted by molar-refractivity contribution is 9.30. The maximum absolute atomic E-state index is 13.8. The minimum atomic E-state index is -3.90. The van der Waals surface area contributed by atoms with Gasteiger partial charge in [0, 0.05) is 0 Å². The van der Waals surface area contributed by atoms with Crippen LogP contribution in [0.2, 0.25) is 0 Å². The number of alkyl halides is 5. The lowest BCUT2D eigenvalue weighted by molar-refractivity contribution is -0.184. The van der Waals surface area contributed by atoms with E-state index in [0.29, 0.717) is 0 Å². The quantitative estimate of drug-likeness (QED) is 0.184. The summed E-state index contributed by atoms with van der Waals surface area (Å²) >= 11 is 9.27. The van der Waals surface area contributed by atoms with Gasteiger partial charge < -0.3 is 10.2 Å². The Bertz CT molecular complexity index is 558. The molecule has 1 aromatic carbocycles. The van der Waals surface area contributed by atoms with Crippen molar-refractivity contribution in [3.63, 3.8) is 0 Å². The van der Waals surface area contributed by atoms with Crippen molar-refractivity contribution in [2.45, 2.75) is 12.5 Å². The molecule has 0 saturated carbocycles. The molecule has 2 nitrogen and oxygen atoms in total. The van der Waals surface area contributed by atoms with Gasteiger partial charge in [-0.05, 0) is 31.9 Å². The average Bonchev–Trinajstić information content (AvgIpc) is 2.32. The highest BCUT2D eigenvalue weighted by Gasteiger charge is 2.63. The molecule has 0 aliphatic carbocycles. The van der Waals surface area contributed by atoms with Crippen molar-refractivity contribution in [2.75, 3.05) is 0 Å². The summed E-state index contributed by atoms with van der Waals surface area (Å²) in [6.07, 6.45) is 0. The van der Waals surface area contributed by atoms with Crippen molar-refractivity contribution in [1.29, 1.82) is 0 Å². The molecule has 0 bridgehead atoms. The summed E-state index contributed by atoms with van der Waals surface area (Å²) in [6.45, 7) is 0. The molecule has 0 spiro atoms. The van der Waals surface area contributed by atoms with Crippen molar-refractivity contribution in [2.24, 2.45) is 0 Å². The molecule has 0 amide bonds. The molecule has 0 aromatic heterocycles. The molecule has 0 radical (unpaired) electrons. The van der Waals surface area contributed by atoms with E-state index in [1.165, 1.54) is 0 Å². The standard InChI is InChI=1S/C9H2Br4F6O2/c10-8(11,9(12,13)19)7(20,21)1-2(14)4(16)6(18)5(17)3(1)15/h20-21H. The predicted molar refractivity (Wildman–Crippen MR) is 74.6 cm³/mol. The Labute approximate surface area is 147 Å². The zero-order valence-corrected chi connectivity index (χ0v) is 15.5. The Morgan fingerprint density at radius 1 is 0.667 bits per heavy atom. The molecule has 21 heavy (non-hydrogen) atoms. The smallest absolute Gasteiger partial charge is 0.249 e. The van der Waals surface area contributed by atoms with Crippen molar-refractivity contribution in [3.8, 4) is 0 Å². The highest BCUT2D eigenvalue weighted by atomic mass is 79.9. The van der Waals surface area contributed by atoms with Gasteiger partial charge in [-0.3, -0.25) is 0 Å². The van der Waals surface area contributed by atoms with Crippen molar-refractivity contribution in [1.82, 2.24) is 0 Å². The SMILES string of the molecule is OC(O)(c1c(F)c(F)c(F)c(F)c1F)C(Br)(Br)C(F)(Br)Br. The maximum Gasteiger partial charge on any atom is 0.249 e. The van der Waals surface area contributed by atoms with E-state index in [1.807, 2.05) is 0 Å². The lowest BCUT2D eigenvalue weighted by Gasteiger charge is -2.39. The molecule has 0 saturated heterocycles. The zero-order valence-electron chi connectivity index (χ0n) is 9.17. The van der Waals surface area contributed by atoms with Gasteiger partial charge in [0.2, 0.25) is 15.1 Å². The second kappa shape index (κ2) is 5.93. The summed E-state index contributed by atoms with van der Waals surface area (Å²) in [6, 6.07) is 0. The van der Waals surface area contributed by atoms with Gasteiger partial charge in [-0.15, -0.1) is 0 Å². The lowest BCUT2D eigenvalue weighted by Crippen LogP contribution is -2.52. The largest absolute Gasteiger partial charge is 0.360 e. The Morgan fingerprint density at radius 3 is 1.24 bits per heavy atom. The van der Waals surface area contributed by atoms with Crippen LogP contribution < -0.4 is 0 Å². The summed E-state index contributed by atoms with van der Waals surface area (Å²) in [4.78, 5) is 0. The third-order valence-corrected chi connectivity index (χ3v) is 7.87. The fraction of sp³-hybridized carbons (Fsp3) is 0.333. The summed E-state index contributed by atoms with van der Waals surface area (Å²) in [5.41, 5.74) is -2.05. The van der Waals surface area contributed by atoms with E-state index in [4.69, 9.17) is 0 Å². The first-order chi connectivity index (χ1) is 9.18. The van der Waals surface area contributed by atoms with Crippen LogP contribution in [0.4, 0.5) is 26.3 Å². The molecule has 2 N–H and O–H groups in total. The summed E-state index contributed by atoms with van der Waals surface area (Å²) in [5, 5.41) is 19.6. The molecule has 1 rings (SSSR count). The number of halogens is 10. The van der Waals surface area contributed by atoms with Gasteiger partial charge in [0.1, 0.15) is 0 Å². The summed E-state index contributed by atoms with van der Waals surface area (Å²) < 4.78 is 74.3. The van der Waals surface area contributed by atoms with Gasteiger partial charge in [0.15, 0.2) is 26.5 Å². The van der Waals surface area contributed by atoms with Crippen LogP contribution in [-0.2, 0) is 5.79 Å². The van der Waals surface area contributed by atoms with E-state index in [2.05, 4.69) is 63.7 Å². The van der Waals surface area contributed by atoms with E-state index in [0.717, 1.165) is 0 Å². The number of rotatable bonds is 3. The number of hydrogen-bond acceptors (Lipinski definition) is 2. The molecule has 0 unspecified atom stereocenters. The molecule has 120 valence electrons. The normalized spacial score (nSPS) is 13.7. The van der Waals surface area contributed by atoms with Crippen LogP contribution >= 0.6 is 63.7 Å². The number of aliphatic hydroxyl groups is 2. The van der Waals surface area contributed by atoms with Crippen molar-refractivity contribution in [3.05, 3.63) is 34.6 Å². The Hall–Kier alpha value is 0.640. The first-order valence-corrected chi connectivity index (χ1v) is 7.76. The van der Waals surface area contributed by atoms with Gasteiger partial charge in [-0.1, -0.05) is 31.9 Å². The first kappa shape index (κ1) is 19.7. The summed E-state index contributed by atoms with van der Waals surface area (Å²) in [7, 11) is 0. The topological polar surface area (TPSA) is 40.5 Å². The van der Waals surface area contributed by atoms with E-state index in [9.17, 15) is 36.6 Å². The Balaban J connectivity index is 3.76. The van der Waals surface area contributed by atoms with Gasteiger partial charge >= 0.3 is 0 Å². The van der Waals surface area contributed by atoms with E-state index >= 15 is 0 Å². The predicted octanol–water partition coefficient (Wildman–Crippen LogP) is 4.42. The zero-order chi connectivity index (χ0) is 17.0. The minimum Gasteiger partial charge on any atom is -0.360 e. The molecule has 12 heteroatoms. The lowest BCUT2D eigenvalue weighted by atomic mass is 10.0. The van der Waals surface area contributed by atoms with Crippen LogP contribution in [0, 0.1) is 29.1 Å². The van der Waals surface area contributed by atoms with Crippen molar-refractivity contribution < 1.29 is 36.6 Å². The van der Waals surface area contributed by atoms with Crippen molar-refractivity contribution >= 4 is 63.7 Å². The van der Waals surface area contributed by atoms with Crippen LogP contribution in [-0.4, -0.2) is 16.9 Å². The van der Waals surface area contributed by atoms with E-state index in [-0.39, 0.29) is 0 Å². The third-order valence-electron chi connectivity index (χ3n) is 2.35. The van der Waals surface area contributed by atoms with Gasteiger partial charge in [0.05, 0.1) is 5.56 Å². The fourth-order valence-corrected chi connectivity index (χ4v) is 2.21. The Kier molecular flexibility index (Phi) is 5.56. The highest BCUT2D eigenvalue weighted by Crippen LogP contribution is 2.58. The summed E-state index contributed by atoms with van der Waals surface area (Å²) in [5.74, 6) is -16.3. The molecular weight excluding hydrogens is 574 g/mol. The number of benzene rings is 1.